The van der Waals surface area contributed by atoms with E-state index in [4.69, 9.17) is 0 Å². The summed E-state index contributed by atoms with van der Waals surface area (Å²) >= 11 is 0. The average molecular weight is 287 g/mol. The Hall–Kier alpha value is -0.820. The van der Waals surface area contributed by atoms with Crippen LogP contribution in [-0.2, 0) is 12.8 Å². The Kier molecular flexibility index (Phi) is 5.48. The van der Waals surface area contributed by atoms with Crippen molar-refractivity contribution in [2.24, 2.45) is 11.3 Å². The van der Waals surface area contributed by atoms with E-state index in [1.54, 1.807) is 11.1 Å². The minimum atomic E-state index is 0.377. The molecule has 0 fully saturated rings. The van der Waals surface area contributed by atoms with Crippen LogP contribution < -0.4 is 5.32 Å². The molecule has 0 bridgehead atoms. The molecule has 1 aliphatic carbocycles. The highest BCUT2D eigenvalue weighted by Crippen LogP contribution is 2.34. The van der Waals surface area contributed by atoms with E-state index in [0.717, 1.165) is 6.54 Å². The van der Waals surface area contributed by atoms with Crippen molar-refractivity contribution in [3.8, 4) is 0 Å². The second-order valence-corrected chi connectivity index (χ2v) is 7.85. The van der Waals surface area contributed by atoms with E-state index in [0.29, 0.717) is 17.4 Å². The van der Waals surface area contributed by atoms with E-state index in [9.17, 15) is 0 Å². The maximum atomic E-state index is 3.71. The van der Waals surface area contributed by atoms with E-state index in [2.05, 4.69) is 58.1 Å². The fourth-order valence-electron chi connectivity index (χ4n) is 3.26. The topological polar surface area (TPSA) is 12.0 Å². The van der Waals surface area contributed by atoms with E-state index in [1.807, 2.05) is 0 Å². The quantitative estimate of drug-likeness (QED) is 0.776. The maximum Gasteiger partial charge on any atom is 0.0322 e. The van der Waals surface area contributed by atoms with Gasteiger partial charge >= 0.3 is 0 Å². The first-order valence-electron chi connectivity index (χ1n) is 8.77. The Balaban J connectivity index is 2.17. The Labute approximate surface area is 131 Å². The highest BCUT2D eigenvalue weighted by atomic mass is 14.9. The molecule has 0 saturated carbocycles. The molecule has 21 heavy (non-hydrogen) atoms. The zero-order valence-electron chi connectivity index (χ0n) is 14.6. The highest BCUT2D eigenvalue weighted by Gasteiger charge is 2.24. The summed E-state index contributed by atoms with van der Waals surface area (Å²) in [5, 5.41) is 3.71. The van der Waals surface area contributed by atoms with Crippen molar-refractivity contribution in [1.82, 2.24) is 5.32 Å². The molecule has 118 valence electrons. The molecule has 1 N–H and O–H groups in total. The molecule has 0 aromatic heterocycles. The molecule has 1 aliphatic rings. The molecule has 2 rings (SSSR count). The summed E-state index contributed by atoms with van der Waals surface area (Å²) in [6, 6.07) is 7.73. The number of rotatable bonds is 5. The summed E-state index contributed by atoms with van der Waals surface area (Å²) in [4.78, 5) is 0. The molecular weight excluding hydrogens is 254 g/mol. The van der Waals surface area contributed by atoms with Crippen LogP contribution in [0, 0.1) is 11.3 Å². The van der Waals surface area contributed by atoms with Gasteiger partial charge in [0.2, 0.25) is 0 Å². The monoisotopic (exact) mass is 287 g/mol. The number of fused-ring (bicyclic) bond motifs is 1. The maximum absolute atomic E-state index is 3.71. The lowest BCUT2D eigenvalue weighted by Gasteiger charge is -2.32. The van der Waals surface area contributed by atoms with Crippen LogP contribution in [0.5, 0.6) is 0 Å². The lowest BCUT2D eigenvalue weighted by molar-refractivity contribution is 0.224. The lowest BCUT2D eigenvalue weighted by atomic mass is 9.77. The van der Waals surface area contributed by atoms with Crippen LogP contribution in [0.15, 0.2) is 18.2 Å². The number of aryl methyl sites for hydroxylation is 2. The second kappa shape index (κ2) is 6.96. The largest absolute Gasteiger partial charge is 0.310 e. The summed E-state index contributed by atoms with van der Waals surface area (Å²) < 4.78 is 0. The molecule has 0 spiro atoms. The van der Waals surface area contributed by atoms with Gasteiger partial charge in [-0.25, -0.2) is 0 Å². The molecule has 0 heterocycles. The van der Waals surface area contributed by atoms with Gasteiger partial charge in [-0.1, -0.05) is 52.8 Å². The van der Waals surface area contributed by atoms with Crippen LogP contribution in [0.25, 0.3) is 0 Å². The van der Waals surface area contributed by atoms with Crippen molar-refractivity contribution >= 4 is 0 Å². The molecule has 0 amide bonds. The lowest BCUT2D eigenvalue weighted by Crippen LogP contribution is -2.27. The number of benzene rings is 1. The summed E-state index contributed by atoms with van der Waals surface area (Å²) in [5.74, 6) is 0.706. The molecule has 1 aromatic rings. The molecular formula is C20H33N. The van der Waals surface area contributed by atoms with Gasteiger partial charge < -0.3 is 5.32 Å². The molecule has 2 unspecified atom stereocenters. The molecule has 0 saturated heterocycles. The number of hydrogen-bond acceptors (Lipinski definition) is 1. The van der Waals surface area contributed by atoms with Gasteiger partial charge in [0.05, 0.1) is 0 Å². The van der Waals surface area contributed by atoms with Crippen molar-refractivity contribution < 1.29 is 0 Å². The number of nitrogens with one attached hydrogen (secondary N) is 1. The van der Waals surface area contributed by atoms with Crippen molar-refractivity contribution in [2.75, 3.05) is 6.54 Å². The molecule has 0 radical (unpaired) electrons. The third-order valence-corrected chi connectivity index (χ3v) is 5.29. The van der Waals surface area contributed by atoms with E-state index >= 15 is 0 Å². The van der Waals surface area contributed by atoms with Crippen LogP contribution in [0.1, 0.15) is 76.6 Å². The van der Waals surface area contributed by atoms with E-state index in [-0.39, 0.29) is 0 Å². The summed E-state index contributed by atoms with van der Waals surface area (Å²) in [5.41, 5.74) is 5.06. The predicted molar refractivity (Wildman–Crippen MR) is 92.7 cm³/mol. The predicted octanol–water partition coefficient (Wildman–Crippen LogP) is 5.29. The minimum absolute atomic E-state index is 0.377. The fraction of sp³-hybridized carbons (Fsp3) is 0.700. The summed E-state index contributed by atoms with van der Waals surface area (Å²) in [6.45, 7) is 12.7. The van der Waals surface area contributed by atoms with Gasteiger partial charge in [0.1, 0.15) is 0 Å². The van der Waals surface area contributed by atoms with Gasteiger partial charge in [0, 0.05) is 6.04 Å². The van der Waals surface area contributed by atoms with Gasteiger partial charge in [0.15, 0.2) is 0 Å². The van der Waals surface area contributed by atoms with E-state index in [1.165, 1.54) is 37.7 Å². The normalized spacial score (nSPS) is 18.1. The van der Waals surface area contributed by atoms with Gasteiger partial charge in [-0.15, -0.1) is 0 Å². The van der Waals surface area contributed by atoms with Crippen LogP contribution in [0.2, 0.25) is 0 Å². The third kappa shape index (κ3) is 4.32. The smallest absolute Gasteiger partial charge is 0.0322 e. The van der Waals surface area contributed by atoms with Crippen LogP contribution in [0.4, 0.5) is 0 Å². The highest BCUT2D eigenvalue weighted by molar-refractivity contribution is 5.35. The standard InChI is InChI=1S/C20H33N/c1-6-21-19(13-15(2)20(3,4)5)18-12-11-16-9-7-8-10-17(16)14-18/h11-12,14-15,19,21H,6-10,13H2,1-5H3. The van der Waals surface area contributed by atoms with Crippen molar-refractivity contribution in [1.29, 1.82) is 0 Å². The molecule has 0 aliphatic heterocycles. The summed E-state index contributed by atoms with van der Waals surface area (Å²) in [7, 11) is 0. The van der Waals surface area contributed by atoms with Gasteiger partial charge in [-0.3, -0.25) is 0 Å². The fourth-order valence-corrected chi connectivity index (χ4v) is 3.26. The average Bonchev–Trinajstić information content (AvgIpc) is 2.45. The molecule has 1 aromatic carbocycles. The summed E-state index contributed by atoms with van der Waals surface area (Å²) in [6.07, 6.45) is 6.50. The van der Waals surface area contributed by atoms with Gasteiger partial charge in [-0.2, -0.15) is 0 Å². The Morgan fingerprint density at radius 1 is 1.10 bits per heavy atom. The molecule has 1 nitrogen and oxygen atoms in total. The van der Waals surface area contributed by atoms with Crippen LogP contribution in [-0.4, -0.2) is 6.54 Å². The first kappa shape index (κ1) is 16.5. The van der Waals surface area contributed by atoms with Crippen LogP contribution >= 0.6 is 0 Å². The first-order valence-corrected chi connectivity index (χ1v) is 8.77. The molecule has 2 atom stereocenters. The zero-order valence-corrected chi connectivity index (χ0v) is 14.6. The van der Waals surface area contributed by atoms with Crippen molar-refractivity contribution in [3.63, 3.8) is 0 Å². The van der Waals surface area contributed by atoms with Gasteiger partial charge in [-0.05, 0) is 66.7 Å². The Morgan fingerprint density at radius 3 is 2.38 bits per heavy atom. The first-order chi connectivity index (χ1) is 9.91. The van der Waals surface area contributed by atoms with Gasteiger partial charge in [0.25, 0.3) is 0 Å². The van der Waals surface area contributed by atoms with Crippen molar-refractivity contribution in [2.45, 2.75) is 72.8 Å². The Morgan fingerprint density at radius 2 is 1.76 bits per heavy atom. The number of hydrogen-bond donors (Lipinski definition) is 1. The zero-order chi connectivity index (χ0) is 15.5. The SMILES string of the molecule is CCNC(CC(C)C(C)(C)C)c1ccc2c(c1)CCCC2. The van der Waals surface area contributed by atoms with Crippen LogP contribution in [0.3, 0.4) is 0 Å². The third-order valence-electron chi connectivity index (χ3n) is 5.29. The van der Waals surface area contributed by atoms with E-state index < -0.39 is 0 Å². The second-order valence-electron chi connectivity index (χ2n) is 7.85. The Bertz CT molecular complexity index is 455. The van der Waals surface area contributed by atoms with Crippen molar-refractivity contribution in [3.05, 3.63) is 34.9 Å². The molecule has 1 heteroatoms. The minimum Gasteiger partial charge on any atom is -0.310 e.